The molecule has 130 valence electrons. The molecule has 6 heteroatoms. The van der Waals surface area contributed by atoms with Gasteiger partial charge in [-0.3, -0.25) is 0 Å². The van der Waals surface area contributed by atoms with Crippen LogP contribution in [0.25, 0.3) is 0 Å². The molecule has 2 aromatic rings. The number of thiazole rings is 1. The molecule has 0 fully saturated rings. The molecular formula is C18H25N3O2S. The number of aromatic nitrogens is 1. The minimum atomic E-state index is -0.708. The molecule has 1 heterocycles. The lowest BCUT2D eigenvalue weighted by Crippen LogP contribution is -2.38. The standard InChI is InChI=1S/C18H25N3O2S/c1-11-7-12(2)9-15(8-11)16(22)10-20-18(23)19-6-5-17-13(3)21-14(4)24-17/h7-9,16,22H,5-6,10H2,1-4H3,(H2,19,20,23)/t16-/m0/s1. The maximum Gasteiger partial charge on any atom is 0.314 e. The van der Waals surface area contributed by atoms with E-state index >= 15 is 0 Å². The number of hydrogen-bond acceptors (Lipinski definition) is 4. The van der Waals surface area contributed by atoms with Crippen LogP contribution in [0.4, 0.5) is 4.79 Å². The largest absolute Gasteiger partial charge is 0.387 e. The number of aliphatic hydroxyl groups excluding tert-OH is 1. The third-order valence-electron chi connectivity index (χ3n) is 3.72. The number of benzene rings is 1. The molecule has 0 unspecified atom stereocenters. The first-order chi connectivity index (χ1) is 11.3. The molecule has 0 bridgehead atoms. The molecule has 0 radical (unpaired) electrons. The highest BCUT2D eigenvalue weighted by Gasteiger charge is 2.11. The zero-order valence-electron chi connectivity index (χ0n) is 14.6. The fourth-order valence-electron chi connectivity index (χ4n) is 2.67. The van der Waals surface area contributed by atoms with Gasteiger partial charge in [0.05, 0.1) is 16.8 Å². The molecule has 0 aliphatic heterocycles. The molecule has 0 aliphatic carbocycles. The Balaban J connectivity index is 1.75. The van der Waals surface area contributed by atoms with Gasteiger partial charge < -0.3 is 15.7 Å². The number of rotatable bonds is 6. The van der Waals surface area contributed by atoms with E-state index in [1.807, 2.05) is 39.8 Å². The van der Waals surface area contributed by atoms with E-state index in [9.17, 15) is 9.90 Å². The van der Waals surface area contributed by atoms with Gasteiger partial charge in [0.15, 0.2) is 0 Å². The van der Waals surface area contributed by atoms with Gasteiger partial charge in [0.1, 0.15) is 0 Å². The van der Waals surface area contributed by atoms with Crippen molar-refractivity contribution in [1.29, 1.82) is 0 Å². The molecule has 1 aromatic carbocycles. The average Bonchev–Trinajstić information content (AvgIpc) is 2.81. The molecule has 0 saturated heterocycles. The van der Waals surface area contributed by atoms with E-state index in [2.05, 4.69) is 21.7 Å². The van der Waals surface area contributed by atoms with Crippen molar-refractivity contribution < 1.29 is 9.90 Å². The predicted octanol–water partition coefficient (Wildman–Crippen LogP) is 2.95. The van der Waals surface area contributed by atoms with Crippen LogP contribution in [0.2, 0.25) is 0 Å². The molecule has 0 saturated carbocycles. The third kappa shape index (κ3) is 5.32. The molecule has 0 aliphatic rings. The van der Waals surface area contributed by atoms with Crippen LogP contribution in [0, 0.1) is 27.7 Å². The van der Waals surface area contributed by atoms with Gasteiger partial charge in [0, 0.05) is 24.4 Å². The van der Waals surface area contributed by atoms with Gasteiger partial charge in [-0.15, -0.1) is 11.3 Å². The lowest BCUT2D eigenvalue weighted by Gasteiger charge is -2.14. The molecule has 0 spiro atoms. The summed E-state index contributed by atoms with van der Waals surface area (Å²) in [5.74, 6) is 0. The monoisotopic (exact) mass is 347 g/mol. The van der Waals surface area contributed by atoms with Crippen molar-refractivity contribution in [2.75, 3.05) is 13.1 Å². The maximum atomic E-state index is 11.8. The van der Waals surface area contributed by atoms with Crippen molar-refractivity contribution in [3.63, 3.8) is 0 Å². The van der Waals surface area contributed by atoms with Crippen LogP contribution < -0.4 is 10.6 Å². The number of nitrogens with one attached hydrogen (secondary N) is 2. The van der Waals surface area contributed by atoms with Crippen LogP contribution in [0.1, 0.15) is 38.4 Å². The minimum absolute atomic E-state index is 0.188. The second-order valence-electron chi connectivity index (χ2n) is 6.07. The topological polar surface area (TPSA) is 74.2 Å². The number of amides is 2. The van der Waals surface area contributed by atoms with Gasteiger partial charge in [-0.25, -0.2) is 9.78 Å². The molecule has 5 nitrogen and oxygen atoms in total. The van der Waals surface area contributed by atoms with Gasteiger partial charge in [0.25, 0.3) is 0 Å². The van der Waals surface area contributed by atoms with E-state index < -0.39 is 6.10 Å². The summed E-state index contributed by atoms with van der Waals surface area (Å²) in [6, 6.07) is 5.66. The van der Waals surface area contributed by atoms with Crippen molar-refractivity contribution in [2.45, 2.75) is 40.2 Å². The quantitative estimate of drug-likeness (QED) is 0.752. The molecular weight excluding hydrogens is 322 g/mol. The molecule has 3 N–H and O–H groups in total. The number of urea groups is 1. The summed E-state index contributed by atoms with van der Waals surface area (Å²) < 4.78 is 0. The first-order valence-electron chi connectivity index (χ1n) is 8.06. The van der Waals surface area contributed by atoms with Crippen LogP contribution in [-0.4, -0.2) is 29.2 Å². The predicted molar refractivity (Wildman–Crippen MR) is 97.6 cm³/mol. The molecule has 1 atom stereocenters. The average molecular weight is 347 g/mol. The van der Waals surface area contributed by atoms with Crippen molar-refractivity contribution >= 4 is 17.4 Å². The Morgan fingerprint density at radius 3 is 2.42 bits per heavy atom. The van der Waals surface area contributed by atoms with E-state index in [1.165, 1.54) is 4.88 Å². The summed E-state index contributed by atoms with van der Waals surface area (Å²) in [5, 5.41) is 16.8. The van der Waals surface area contributed by atoms with Gasteiger partial charge in [0.2, 0.25) is 0 Å². The fourth-order valence-corrected chi connectivity index (χ4v) is 3.60. The number of aliphatic hydroxyl groups is 1. The van der Waals surface area contributed by atoms with Crippen molar-refractivity contribution in [2.24, 2.45) is 0 Å². The molecule has 2 rings (SSSR count). The minimum Gasteiger partial charge on any atom is -0.387 e. The summed E-state index contributed by atoms with van der Waals surface area (Å²) >= 11 is 1.66. The third-order valence-corrected chi connectivity index (χ3v) is 4.85. The highest BCUT2D eigenvalue weighted by molar-refractivity contribution is 7.11. The number of carbonyl (C=O) groups excluding carboxylic acids is 1. The van der Waals surface area contributed by atoms with Crippen LogP contribution in [0.15, 0.2) is 18.2 Å². The molecule has 24 heavy (non-hydrogen) atoms. The van der Waals surface area contributed by atoms with E-state index in [0.717, 1.165) is 33.8 Å². The highest BCUT2D eigenvalue weighted by Crippen LogP contribution is 2.17. The highest BCUT2D eigenvalue weighted by atomic mass is 32.1. The molecule has 1 aromatic heterocycles. The number of hydrogen-bond donors (Lipinski definition) is 3. The summed E-state index contributed by atoms with van der Waals surface area (Å²) in [5.41, 5.74) is 4.06. The summed E-state index contributed by atoms with van der Waals surface area (Å²) in [4.78, 5) is 17.4. The Hall–Kier alpha value is -1.92. The van der Waals surface area contributed by atoms with Crippen LogP contribution >= 0.6 is 11.3 Å². The molecule has 2 amide bonds. The van der Waals surface area contributed by atoms with E-state index in [0.29, 0.717) is 6.54 Å². The van der Waals surface area contributed by atoms with Gasteiger partial charge in [-0.1, -0.05) is 29.3 Å². The lowest BCUT2D eigenvalue weighted by atomic mass is 10.0. The van der Waals surface area contributed by atoms with Gasteiger partial charge >= 0.3 is 6.03 Å². The van der Waals surface area contributed by atoms with Gasteiger partial charge in [-0.05, 0) is 33.3 Å². The normalized spacial score (nSPS) is 12.0. The fraction of sp³-hybridized carbons (Fsp3) is 0.444. The van der Waals surface area contributed by atoms with Crippen LogP contribution in [0.3, 0.4) is 0 Å². The Morgan fingerprint density at radius 2 is 1.83 bits per heavy atom. The Kier molecular flexibility index (Phi) is 6.34. The number of aryl methyl sites for hydroxylation is 4. The zero-order chi connectivity index (χ0) is 17.7. The van der Waals surface area contributed by atoms with Crippen LogP contribution in [0.5, 0.6) is 0 Å². The van der Waals surface area contributed by atoms with E-state index in [4.69, 9.17) is 0 Å². The Labute approximate surface area is 147 Å². The summed E-state index contributed by atoms with van der Waals surface area (Å²) in [7, 11) is 0. The SMILES string of the molecule is Cc1cc(C)cc([C@@H](O)CNC(=O)NCCc2sc(C)nc2C)c1. The van der Waals surface area contributed by atoms with Crippen LogP contribution in [-0.2, 0) is 6.42 Å². The second kappa shape index (κ2) is 8.26. The zero-order valence-corrected chi connectivity index (χ0v) is 15.5. The van der Waals surface area contributed by atoms with E-state index in [-0.39, 0.29) is 12.6 Å². The number of carbonyl (C=O) groups is 1. The van der Waals surface area contributed by atoms with Gasteiger partial charge in [-0.2, -0.15) is 0 Å². The second-order valence-corrected chi connectivity index (χ2v) is 7.35. The van der Waals surface area contributed by atoms with Crippen molar-refractivity contribution in [3.05, 3.63) is 50.5 Å². The Bertz CT molecular complexity index is 692. The summed E-state index contributed by atoms with van der Waals surface area (Å²) in [6.45, 7) is 8.69. The summed E-state index contributed by atoms with van der Waals surface area (Å²) in [6.07, 6.45) is 0.0606. The van der Waals surface area contributed by atoms with Crippen molar-refractivity contribution in [1.82, 2.24) is 15.6 Å². The van der Waals surface area contributed by atoms with E-state index in [1.54, 1.807) is 11.3 Å². The Morgan fingerprint density at radius 1 is 1.17 bits per heavy atom. The van der Waals surface area contributed by atoms with Crippen molar-refractivity contribution in [3.8, 4) is 0 Å². The lowest BCUT2D eigenvalue weighted by molar-refractivity contribution is 0.173. The first-order valence-corrected chi connectivity index (χ1v) is 8.87. The maximum absolute atomic E-state index is 11.8. The first kappa shape index (κ1) is 18.4. The number of nitrogens with zero attached hydrogens (tertiary/aromatic N) is 1. The smallest absolute Gasteiger partial charge is 0.314 e.